The molecule has 0 bridgehead atoms. The van der Waals surface area contributed by atoms with E-state index in [2.05, 4.69) is 9.99 Å². The van der Waals surface area contributed by atoms with E-state index in [0.717, 1.165) is 16.5 Å². The molecular formula is C27H24N2O6. The molecule has 0 unspecified atom stereocenters. The van der Waals surface area contributed by atoms with Gasteiger partial charge < -0.3 is 14.3 Å². The summed E-state index contributed by atoms with van der Waals surface area (Å²) >= 11 is 0. The molecular weight excluding hydrogens is 448 g/mol. The molecule has 1 aliphatic rings. The summed E-state index contributed by atoms with van der Waals surface area (Å²) < 4.78 is 12.2. The van der Waals surface area contributed by atoms with Gasteiger partial charge in [0.05, 0.1) is 18.3 Å². The van der Waals surface area contributed by atoms with E-state index in [1.54, 1.807) is 42.5 Å². The molecule has 0 atom stereocenters. The van der Waals surface area contributed by atoms with Crippen LogP contribution in [0.25, 0.3) is 17.0 Å². The van der Waals surface area contributed by atoms with Crippen LogP contribution in [0.15, 0.2) is 65.5 Å². The van der Waals surface area contributed by atoms with Crippen molar-refractivity contribution in [3.05, 3.63) is 88.3 Å². The predicted octanol–water partition coefficient (Wildman–Crippen LogP) is 4.95. The number of aryl methyl sites for hydroxylation is 2. The molecule has 35 heavy (non-hydrogen) atoms. The van der Waals surface area contributed by atoms with Gasteiger partial charge in [0.2, 0.25) is 0 Å². The largest absolute Gasteiger partial charge is 0.487 e. The quantitative estimate of drug-likeness (QED) is 0.303. The van der Waals surface area contributed by atoms with Crippen molar-refractivity contribution in [1.82, 2.24) is 4.57 Å². The maximum atomic E-state index is 13.2. The molecule has 3 aromatic rings. The zero-order valence-corrected chi connectivity index (χ0v) is 19.8. The van der Waals surface area contributed by atoms with Gasteiger partial charge in [0.25, 0.3) is 0 Å². The number of aromatic nitrogens is 1. The minimum Gasteiger partial charge on any atom is -0.487 e. The van der Waals surface area contributed by atoms with E-state index in [-0.39, 0.29) is 12.4 Å². The number of hydrogen-bond acceptors (Lipinski definition) is 7. The van der Waals surface area contributed by atoms with Crippen molar-refractivity contribution in [1.29, 1.82) is 0 Å². The van der Waals surface area contributed by atoms with E-state index in [0.29, 0.717) is 33.8 Å². The van der Waals surface area contributed by atoms with Crippen LogP contribution < -0.4 is 0 Å². The summed E-state index contributed by atoms with van der Waals surface area (Å²) in [6.07, 6.45) is 4.48. The number of carbonyl (C=O) groups excluding carboxylic acids is 3. The first kappa shape index (κ1) is 23.7. The molecule has 1 aliphatic heterocycles. The molecule has 178 valence electrons. The number of rotatable bonds is 4. The zero-order chi connectivity index (χ0) is 25.1. The number of benzene rings is 2. The molecule has 0 N–H and O–H groups in total. The Kier molecular flexibility index (Phi) is 6.64. The Labute approximate surface area is 202 Å². The average Bonchev–Trinajstić information content (AvgIpc) is 3.13. The van der Waals surface area contributed by atoms with Crippen LogP contribution >= 0.6 is 0 Å². The minimum absolute atomic E-state index is 0.0896. The highest BCUT2D eigenvalue weighted by molar-refractivity contribution is 6.12. The first-order valence-electron chi connectivity index (χ1n) is 10.9. The van der Waals surface area contributed by atoms with Crippen molar-refractivity contribution in [2.24, 2.45) is 5.16 Å². The smallest absolute Gasteiger partial charge is 0.418 e. The number of methoxy groups -OCH3 is 1. The van der Waals surface area contributed by atoms with E-state index >= 15 is 0 Å². The van der Waals surface area contributed by atoms with Gasteiger partial charge >= 0.3 is 12.1 Å². The van der Waals surface area contributed by atoms with Crippen LogP contribution in [0.5, 0.6) is 0 Å². The highest BCUT2D eigenvalue weighted by atomic mass is 16.7. The van der Waals surface area contributed by atoms with Crippen LogP contribution in [0.1, 0.15) is 39.7 Å². The predicted molar refractivity (Wildman–Crippen MR) is 131 cm³/mol. The van der Waals surface area contributed by atoms with Gasteiger partial charge in [0.15, 0.2) is 5.78 Å². The molecule has 2 aromatic carbocycles. The normalized spacial score (nSPS) is 15.3. The maximum absolute atomic E-state index is 13.2. The van der Waals surface area contributed by atoms with Crippen molar-refractivity contribution < 1.29 is 28.7 Å². The van der Waals surface area contributed by atoms with Crippen molar-refractivity contribution >= 4 is 40.5 Å². The summed E-state index contributed by atoms with van der Waals surface area (Å²) in [5.74, 6) is -0.127. The number of fused-ring (bicyclic) bond motifs is 1. The van der Waals surface area contributed by atoms with Gasteiger partial charge in [-0.1, -0.05) is 29.4 Å². The maximum Gasteiger partial charge on any atom is 0.418 e. The molecule has 0 saturated heterocycles. The van der Waals surface area contributed by atoms with E-state index in [9.17, 15) is 14.4 Å². The Hall–Kier alpha value is -4.46. The molecule has 1 aromatic heterocycles. The third-order valence-corrected chi connectivity index (χ3v) is 5.67. The number of allylic oxidation sites excluding steroid dienone is 1. The molecule has 8 nitrogen and oxygen atoms in total. The number of carbonyl (C=O) groups is 3. The third kappa shape index (κ3) is 4.77. The number of nitrogens with zero attached hydrogens (tertiary/aromatic N) is 2. The van der Waals surface area contributed by atoms with Crippen LogP contribution in [0.4, 0.5) is 4.79 Å². The lowest BCUT2D eigenvalue weighted by Gasteiger charge is -2.13. The van der Waals surface area contributed by atoms with Crippen molar-refractivity contribution in [2.45, 2.75) is 20.8 Å². The van der Waals surface area contributed by atoms with Crippen LogP contribution in [-0.4, -0.2) is 41.8 Å². The Morgan fingerprint density at radius 2 is 1.86 bits per heavy atom. The first-order valence-corrected chi connectivity index (χ1v) is 10.9. The van der Waals surface area contributed by atoms with Gasteiger partial charge in [-0.05, 0) is 55.3 Å². The first-order chi connectivity index (χ1) is 16.8. The second kappa shape index (κ2) is 9.80. The molecule has 4 rings (SSSR count). The molecule has 0 fully saturated rings. The fraction of sp³-hybridized carbons (Fsp3) is 0.185. The van der Waals surface area contributed by atoms with Crippen LogP contribution in [-0.2, 0) is 19.1 Å². The van der Waals surface area contributed by atoms with Crippen molar-refractivity contribution in [2.75, 3.05) is 13.7 Å². The molecule has 0 aliphatic carbocycles. The van der Waals surface area contributed by atoms with Crippen molar-refractivity contribution in [3.63, 3.8) is 0 Å². The van der Waals surface area contributed by atoms with Crippen LogP contribution in [0.3, 0.4) is 0 Å². The molecule has 0 amide bonds. The monoisotopic (exact) mass is 472 g/mol. The number of oxime groups is 1. The topological polar surface area (TPSA) is 96.2 Å². The lowest BCUT2D eigenvalue weighted by Crippen LogP contribution is -2.14. The fourth-order valence-corrected chi connectivity index (χ4v) is 3.89. The SMILES string of the molecule is COC(=O)n1c(/C=C2C=C/C(=N/OC(C)=O)CO\2)c(C)c2cc(C(=O)c3ccccc3C)ccc21. The molecule has 2 heterocycles. The molecule has 0 saturated carbocycles. The summed E-state index contributed by atoms with van der Waals surface area (Å²) in [7, 11) is 1.31. The molecule has 0 spiro atoms. The second-order valence-corrected chi connectivity index (χ2v) is 8.03. The lowest BCUT2D eigenvalue weighted by atomic mass is 9.97. The number of ether oxygens (including phenoxy) is 2. The standard InChI is InChI=1S/C27H24N2O6/c1-16-7-5-6-8-22(16)26(31)19-9-12-24-23(13-19)17(2)25(29(24)27(32)33-4)14-21-11-10-20(15-34-21)28-35-18(3)30/h5-14H,15H2,1-4H3/b21-14+,28-20-. The van der Waals surface area contributed by atoms with Gasteiger partial charge in [-0.2, -0.15) is 0 Å². The van der Waals surface area contributed by atoms with Gasteiger partial charge in [-0.15, -0.1) is 0 Å². The molecule has 0 radical (unpaired) electrons. The Morgan fingerprint density at radius 3 is 2.51 bits per heavy atom. The zero-order valence-electron chi connectivity index (χ0n) is 19.8. The van der Waals surface area contributed by atoms with Crippen LogP contribution in [0.2, 0.25) is 0 Å². The summed E-state index contributed by atoms with van der Waals surface area (Å²) in [5.41, 5.74) is 4.45. The Morgan fingerprint density at radius 1 is 1.09 bits per heavy atom. The van der Waals surface area contributed by atoms with Gasteiger partial charge in [0, 0.05) is 29.5 Å². The van der Waals surface area contributed by atoms with Gasteiger partial charge in [-0.3, -0.25) is 4.79 Å². The highest BCUT2D eigenvalue weighted by Gasteiger charge is 2.21. The minimum atomic E-state index is -0.565. The Balaban J connectivity index is 1.78. The van der Waals surface area contributed by atoms with E-state index in [1.807, 2.05) is 32.0 Å². The van der Waals surface area contributed by atoms with E-state index in [4.69, 9.17) is 9.47 Å². The van der Waals surface area contributed by atoms with E-state index < -0.39 is 12.1 Å². The average molecular weight is 472 g/mol. The van der Waals surface area contributed by atoms with E-state index in [1.165, 1.54) is 18.6 Å². The summed E-state index contributed by atoms with van der Waals surface area (Å²) in [6, 6.07) is 12.7. The van der Waals surface area contributed by atoms with Gasteiger partial charge in [-0.25, -0.2) is 14.2 Å². The molecule has 8 heteroatoms. The number of hydrogen-bond donors (Lipinski definition) is 0. The van der Waals surface area contributed by atoms with Crippen molar-refractivity contribution in [3.8, 4) is 0 Å². The lowest BCUT2D eigenvalue weighted by molar-refractivity contribution is -0.140. The second-order valence-electron chi connectivity index (χ2n) is 8.03. The Bertz CT molecular complexity index is 1440. The van der Waals surface area contributed by atoms with Crippen LogP contribution in [0, 0.1) is 13.8 Å². The summed E-state index contributed by atoms with van der Waals surface area (Å²) in [5, 5.41) is 4.46. The summed E-state index contributed by atoms with van der Waals surface area (Å²) in [6.45, 7) is 5.13. The van der Waals surface area contributed by atoms with Gasteiger partial charge in [0.1, 0.15) is 18.1 Å². The third-order valence-electron chi connectivity index (χ3n) is 5.67. The fourth-order valence-electron chi connectivity index (χ4n) is 3.89. The highest BCUT2D eigenvalue weighted by Crippen LogP contribution is 2.30. The number of ketones is 1. The summed E-state index contributed by atoms with van der Waals surface area (Å²) in [4.78, 5) is 41.4.